The summed E-state index contributed by atoms with van der Waals surface area (Å²) in [7, 11) is 1.67. The van der Waals surface area contributed by atoms with E-state index >= 15 is 0 Å². The van der Waals surface area contributed by atoms with E-state index in [4.69, 9.17) is 4.74 Å². The fraction of sp³-hybridized carbons (Fsp3) is 0.600. The Morgan fingerprint density at radius 1 is 1.26 bits per heavy atom. The molecule has 1 saturated heterocycles. The summed E-state index contributed by atoms with van der Waals surface area (Å²) < 4.78 is 5.18. The molecule has 2 aliphatic rings. The van der Waals surface area contributed by atoms with Crippen molar-refractivity contribution in [3.8, 4) is 5.75 Å². The monoisotopic (exact) mass is 283 g/mol. The average molecular weight is 284 g/mol. The second-order valence-corrected chi connectivity index (χ2v) is 5.57. The van der Waals surface area contributed by atoms with Crippen LogP contribution in [0.25, 0.3) is 0 Å². The highest BCUT2D eigenvalue weighted by molar-refractivity contribution is 5.85. The molecular formula is C15H22ClNO2. The maximum Gasteiger partial charge on any atom is 0.118 e. The van der Waals surface area contributed by atoms with E-state index in [9.17, 15) is 5.11 Å². The molecule has 2 N–H and O–H groups in total. The molecule has 2 fully saturated rings. The minimum atomic E-state index is -0.654. The van der Waals surface area contributed by atoms with Crippen molar-refractivity contribution in [3.05, 3.63) is 29.8 Å². The zero-order valence-electron chi connectivity index (χ0n) is 11.3. The smallest absolute Gasteiger partial charge is 0.118 e. The fourth-order valence-corrected chi connectivity index (χ4v) is 3.65. The third kappa shape index (κ3) is 2.47. The van der Waals surface area contributed by atoms with Crippen LogP contribution in [0.5, 0.6) is 5.75 Å². The molecule has 3 rings (SSSR count). The van der Waals surface area contributed by atoms with Gasteiger partial charge >= 0.3 is 0 Å². The Balaban J connectivity index is 0.00000133. The second kappa shape index (κ2) is 5.70. The molecule has 3 nitrogen and oxygen atoms in total. The standard InChI is InChI=1S/C15H21NO2.ClH/c1-18-13-6-4-12(5-7-13)15(17)8-2-3-11-9-16-10-14(11)15;/h4-7,11,14,16-17H,2-3,8-10H2,1H3;1H. The molecule has 1 aliphatic carbocycles. The molecule has 1 aromatic carbocycles. The van der Waals surface area contributed by atoms with Gasteiger partial charge in [0.1, 0.15) is 5.75 Å². The molecule has 3 unspecified atom stereocenters. The van der Waals surface area contributed by atoms with Crippen molar-refractivity contribution in [1.82, 2.24) is 5.32 Å². The van der Waals surface area contributed by atoms with Gasteiger partial charge in [-0.05, 0) is 49.4 Å². The van der Waals surface area contributed by atoms with Crippen molar-refractivity contribution in [2.75, 3.05) is 20.2 Å². The van der Waals surface area contributed by atoms with E-state index in [0.29, 0.717) is 11.8 Å². The lowest BCUT2D eigenvalue weighted by Gasteiger charge is -2.41. The minimum absolute atomic E-state index is 0. The van der Waals surface area contributed by atoms with Crippen LogP contribution in [0, 0.1) is 11.8 Å². The third-order valence-corrected chi connectivity index (χ3v) is 4.68. The molecule has 0 spiro atoms. The van der Waals surface area contributed by atoms with E-state index < -0.39 is 5.60 Å². The van der Waals surface area contributed by atoms with Crippen LogP contribution in [0.4, 0.5) is 0 Å². The van der Waals surface area contributed by atoms with E-state index in [2.05, 4.69) is 5.32 Å². The van der Waals surface area contributed by atoms with Crippen LogP contribution in [0.1, 0.15) is 24.8 Å². The molecule has 1 aliphatic heterocycles. The zero-order valence-corrected chi connectivity index (χ0v) is 12.1. The van der Waals surface area contributed by atoms with Gasteiger partial charge in [0, 0.05) is 12.5 Å². The molecular weight excluding hydrogens is 262 g/mol. The van der Waals surface area contributed by atoms with Crippen LogP contribution in [0.3, 0.4) is 0 Å². The molecule has 106 valence electrons. The van der Waals surface area contributed by atoms with Crippen LogP contribution in [0.2, 0.25) is 0 Å². The third-order valence-electron chi connectivity index (χ3n) is 4.68. The Morgan fingerprint density at radius 2 is 2.00 bits per heavy atom. The van der Waals surface area contributed by atoms with Crippen molar-refractivity contribution >= 4 is 12.4 Å². The van der Waals surface area contributed by atoms with Gasteiger partial charge in [-0.25, -0.2) is 0 Å². The maximum atomic E-state index is 11.1. The van der Waals surface area contributed by atoms with E-state index in [1.165, 1.54) is 6.42 Å². The number of fused-ring (bicyclic) bond motifs is 1. The SMILES string of the molecule is COc1ccc(C2(O)CCCC3CNCC32)cc1.Cl. The van der Waals surface area contributed by atoms with Crippen LogP contribution in [-0.2, 0) is 5.60 Å². The normalized spacial score (nSPS) is 33.4. The first kappa shape index (κ1) is 14.6. The number of halogens is 1. The van der Waals surface area contributed by atoms with Crippen LogP contribution in [-0.4, -0.2) is 25.3 Å². The molecule has 0 amide bonds. The van der Waals surface area contributed by atoms with Gasteiger partial charge < -0.3 is 15.2 Å². The van der Waals surface area contributed by atoms with E-state index in [1.807, 2.05) is 24.3 Å². The first-order valence-electron chi connectivity index (χ1n) is 6.81. The van der Waals surface area contributed by atoms with E-state index in [1.54, 1.807) is 7.11 Å². The maximum absolute atomic E-state index is 11.1. The van der Waals surface area contributed by atoms with E-state index in [0.717, 1.165) is 37.2 Å². The number of methoxy groups -OCH3 is 1. The Morgan fingerprint density at radius 3 is 2.68 bits per heavy atom. The summed E-state index contributed by atoms with van der Waals surface area (Å²) in [6.45, 7) is 2.00. The van der Waals surface area contributed by atoms with Gasteiger partial charge in [0.05, 0.1) is 12.7 Å². The Hall–Kier alpha value is -0.770. The average Bonchev–Trinajstić information content (AvgIpc) is 2.89. The van der Waals surface area contributed by atoms with Gasteiger partial charge in [-0.2, -0.15) is 0 Å². The summed E-state index contributed by atoms with van der Waals surface area (Å²) in [6, 6.07) is 7.91. The van der Waals surface area contributed by atoms with Gasteiger partial charge in [-0.1, -0.05) is 12.1 Å². The zero-order chi connectivity index (χ0) is 12.6. The van der Waals surface area contributed by atoms with Gasteiger partial charge in [0.2, 0.25) is 0 Å². The highest BCUT2D eigenvalue weighted by atomic mass is 35.5. The van der Waals surface area contributed by atoms with Crippen molar-refractivity contribution in [3.63, 3.8) is 0 Å². The first-order chi connectivity index (χ1) is 8.74. The van der Waals surface area contributed by atoms with Gasteiger partial charge in [-0.15, -0.1) is 12.4 Å². The quantitative estimate of drug-likeness (QED) is 0.875. The van der Waals surface area contributed by atoms with Gasteiger partial charge in [0.15, 0.2) is 0 Å². The number of ether oxygens (including phenoxy) is 1. The van der Waals surface area contributed by atoms with Crippen molar-refractivity contribution in [1.29, 1.82) is 0 Å². The number of aliphatic hydroxyl groups is 1. The highest BCUT2D eigenvalue weighted by Gasteiger charge is 2.47. The lowest BCUT2D eigenvalue weighted by Crippen LogP contribution is -2.42. The summed E-state index contributed by atoms with van der Waals surface area (Å²) in [5, 5.41) is 14.5. The Kier molecular flexibility index (Phi) is 4.39. The molecule has 0 radical (unpaired) electrons. The predicted octanol–water partition coefficient (Wildman–Crippen LogP) is 2.32. The minimum Gasteiger partial charge on any atom is -0.497 e. The van der Waals surface area contributed by atoms with Crippen LogP contribution < -0.4 is 10.1 Å². The van der Waals surface area contributed by atoms with Crippen LogP contribution in [0.15, 0.2) is 24.3 Å². The molecule has 1 saturated carbocycles. The molecule has 0 bridgehead atoms. The highest BCUT2D eigenvalue weighted by Crippen LogP contribution is 2.46. The molecule has 1 aromatic rings. The summed E-state index contributed by atoms with van der Waals surface area (Å²) in [5.41, 5.74) is 0.389. The fourth-order valence-electron chi connectivity index (χ4n) is 3.65. The number of nitrogens with one attached hydrogen (secondary N) is 1. The van der Waals surface area contributed by atoms with Crippen molar-refractivity contribution in [2.45, 2.75) is 24.9 Å². The molecule has 19 heavy (non-hydrogen) atoms. The Labute approximate surface area is 120 Å². The number of hydrogen-bond donors (Lipinski definition) is 2. The molecule has 0 aromatic heterocycles. The van der Waals surface area contributed by atoms with Crippen molar-refractivity contribution in [2.24, 2.45) is 11.8 Å². The second-order valence-electron chi connectivity index (χ2n) is 5.57. The Bertz CT molecular complexity index is 423. The lowest BCUT2D eigenvalue weighted by molar-refractivity contribution is -0.0634. The molecule has 3 atom stereocenters. The van der Waals surface area contributed by atoms with E-state index in [-0.39, 0.29) is 12.4 Å². The summed E-state index contributed by atoms with van der Waals surface area (Å²) >= 11 is 0. The van der Waals surface area contributed by atoms with Crippen LogP contribution >= 0.6 is 12.4 Å². The number of hydrogen-bond acceptors (Lipinski definition) is 3. The number of rotatable bonds is 2. The largest absolute Gasteiger partial charge is 0.497 e. The summed E-state index contributed by atoms with van der Waals surface area (Å²) in [6.07, 6.45) is 3.24. The van der Waals surface area contributed by atoms with Crippen molar-refractivity contribution < 1.29 is 9.84 Å². The first-order valence-corrected chi connectivity index (χ1v) is 6.81. The van der Waals surface area contributed by atoms with Gasteiger partial charge in [0.25, 0.3) is 0 Å². The molecule has 4 heteroatoms. The summed E-state index contributed by atoms with van der Waals surface area (Å²) in [5.74, 6) is 1.84. The van der Waals surface area contributed by atoms with Gasteiger partial charge in [-0.3, -0.25) is 0 Å². The number of benzene rings is 1. The predicted molar refractivity (Wildman–Crippen MR) is 77.8 cm³/mol. The molecule has 1 heterocycles. The topological polar surface area (TPSA) is 41.5 Å². The summed E-state index contributed by atoms with van der Waals surface area (Å²) in [4.78, 5) is 0. The lowest BCUT2D eigenvalue weighted by atomic mass is 9.67.